The summed E-state index contributed by atoms with van der Waals surface area (Å²) >= 11 is 0. The molecule has 0 bridgehead atoms. The number of likely N-dealkylation sites (N-methyl/N-ethyl adjacent to an activating group) is 1. The molecule has 2 nitrogen and oxygen atoms in total. The summed E-state index contributed by atoms with van der Waals surface area (Å²) in [5.41, 5.74) is 1.14. The van der Waals surface area contributed by atoms with Crippen LogP contribution in [-0.2, 0) is 0 Å². The molecule has 1 unspecified atom stereocenters. The summed E-state index contributed by atoms with van der Waals surface area (Å²) in [6, 6.07) is 13.3. The average molecular weight is 242 g/mol. The minimum Gasteiger partial charge on any atom is -0.302 e. The summed E-state index contributed by atoms with van der Waals surface area (Å²) in [5, 5.41) is 9.35. The number of nitriles is 1. The minimum absolute atomic E-state index is 0.00173. The zero-order valence-corrected chi connectivity index (χ0v) is 11.2. The average Bonchev–Trinajstić information content (AvgIpc) is 2.46. The Morgan fingerprint density at radius 3 is 2.50 bits per heavy atom. The third-order valence-electron chi connectivity index (χ3n) is 4.03. The van der Waals surface area contributed by atoms with Crippen LogP contribution in [-0.4, -0.2) is 24.5 Å². The molecule has 1 aliphatic rings. The van der Waals surface area contributed by atoms with Gasteiger partial charge >= 0.3 is 0 Å². The van der Waals surface area contributed by atoms with Crippen LogP contribution >= 0.6 is 0 Å². The molecule has 1 aromatic rings. The zero-order valence-electron chi connectivity index (χ0n) is 11.2. The first-order chi connectivity index (χ1) is 8.81. The molecule has 1 aromatic carbocycles. The first kappa shape index (κ1) is 13.1. The Kier molecular flexibility index (Phi) is 4.78. The van der Waals surface area contributed by atoms with Gasteiger partial charge in [0.05, 0.1) is 12.0 Å². The van der Waals surface area contributed by atoms with E-state index in [0.29, 0.717) is 6.04 Å². The molecule has 1 aliphatic carbocycles. The van der Waals surface area contributed by atoms with E-state index in [0.717, 1.165) is 12.1 Å². The van der Waals surface area contributed by atoms with Crippen molar-refractivity contribution in [2.45, 2.75) is 44.1 Å². The van der Waals surface area contributed by atoms with Crippen LogP contribution in [0.3, 0.4) is 0 Å². The van der Waals surface area contributed by atoms with Crippen molar-refractivity contribution < 1.29 is 0 Å². The van der Waals surface area contributed by atoms with Crippen LogP contribution in [0.5, 0.6) is 0 Å². The van der Waals surface area contributed by atoms with Crippen LogP contribution in [0.25, 0.3) is 0 Å². The van der Waals surface area contributed by atoms with Crippen molar-refractivity contribution >= 4 is 0 Å². The predicted octanol–water partition coefficient (Wildman–Crippen LogP) is 3.56. The number of hydrogen-bond acceptors (Lipinski definition) is 2. The van der Waals surface area contributed by atoms with E-state index in [9.17, 15) is 5.26 Å². The van der Waals surface area contributed by atoms with Gasteiger partial charge in [-0.05, 0) is 25.5 Å². The number of nitrogens with zero attached hydrogens (tertiary/aromatic N) is 2. The molecule has 18 heavy (non-hydrogen) atoms. The summed E-state index contributed by atoms with van der Waals surface area (Å²) in [6.45, 7) is 0.852. The predicted molar refractivity (Wildman–Crippen MR) is 74.3 cm³/mol. The van der Waals surface area contributed by atoms with Crippen molar-refractivity contribution in [3.8, 4) is 6.07 Å². The van der Waals surface area contributed by atoms with Crippen molar-refractivity contribution in [2.24, 2.45) is 0 Å². The van der Waals surface area contributed by atoms with Crippen LogP contribution < -0.4 is 0 Å². The van der Waals surface area contributed by atoms with Crippen LogP contribution in [0, 0.1) is 11.3 Å². The van der Waals surface area contributed by atoms with Crippen LogP contribution in [0.1, 0.15) is 43.6 Å². The fraction of sp³-hybridized carbons (Fsp3) is 0.562. The molecule has 0 amide bonds. The van der Waals surface area contributed by atoms with Gasteiger partial charge in [-0.15, -0.1) is 0 Å². The van der Waals surface area contributed by atoms with Crippen LogP contribution in [0.15, 0.2) is 30.3 Å². The molecule has 0 spiro atoms. The minimum atomic E-state index is -0.00173. The first-order valence-corrected chi connectivity index (χ1v) is 6.96. The van der Waals surface area contributed by atoms with E-state index in [-0.39, 0.29) is 5.92 Å². The Hall–Kier alpha value is -1.33. The lowest BCUT2D eigenvalue weighted by Gasteiger charge is -2.32. The molecule has 96 valence electrons. The molecule has 0 heterocycles. The van der Waals surface area contributed by atoms with E-state index in [1.165, 1.54) is 32.1 Å². The van der Waals surface area contributed by atoms with E-state index in [1.807, 2.05) is 18.2 Å². The number of hydrogen-bond donors (Lipinski definition) is 0. The van der Waals surface area contributed by atoms with Crippen LogP contribution in [0.4, 0.5) is 0 Å². The lowest BCUT2D eigenvalue weighted by molar-refractivity contribution is 0.189. The van der Waals surface area contributed by atoms with Crippen LogP contribution in [0.2, 0.25) is 0 Å². The highest BCUT2D eigenvalue weighted by Gasteiger charge is 2.21. The van der Waals surface area contributed by atoms with Crippen molar-refractivity contribution in [3.05, 3.63) is 35.9 Å². The number of rotatable bonds is 4. The third-order valence-corrected chi connectivity index (χ3v) is 4.03. The highest BCUT2D eigenvalue weighted by Crippen LogP contribution is 2.24. The van der Waals surface area contributed by atoms with Gasteiger partial charge in [-0.2, -0.15) is 5.26 Å². The quantitative estimate of drug-likeness (QED) is 0.807. The summed E-state index contributed by atoms with van der Waals surface area (Å²) in [5.74, 6) is -0.00173. The SMILES string of the molecule is CN(CC(C#N)c1ccccc1)C1CCCCC1. The van der Waals surface area contributed by atoms with Gasteiger partial charge in [0.25, 0.3) is 0 Å². The van der Waals surface area contributed by atoms with Gasteiger partial charge in [-0.1, -0.05) is 49.6 Å². The van der Waals surface area contributed by atoms with E-state index in [2.05, 4.69) is 30.1 Å². The summed E-state index contributed by atoms with van der Waals surface area (Å²) in [6.07, 6.45) is 6.66. The van der Waals surface area contributed by atoms with Crippen molar-refractivity contribution in [1.29, 1.82) is 5.26 Å². The molecule has 1 atom stereocenters. The Balaban J connectivity index is 1.96. The van der Waals surface area contributed by atoms with Gasteiger partial charge in [-0.25, -0.2) is 0 Å². The second-order valence-corrected chi connectivity index (χ2v) is 5.32. The largest absolute Gasteiger partial charge is 0.302 e. The fourth-order valence-corrected chi connectivity index (χ4v) is 2.86. The van der Waals surface area contributed by atoms with Gasteiger partial charge in [-0.3, -0.25) is 0 Å². The maximum Gasteiger partial charge on any atom is 0.0839 e. The smallest absolute Gasteiger partial charge is 0.0839 e. The van der Waals surface area contributed by atoms with E-state index >= 15 is 0 Å². The molecule has 1 saturated carbocycles. The van der Waals surface area contributed by atoms with Gasteiger partial charge in [0, 0.05) is 12.6 Å². The normalized spacial score (nSPS) is 18.5. The van der Waals surface area contributed by atoms with Gasteiger partial charge in [0.1, 0.15) is 0 Å². The molecule has 0 N–H and O–H groups in total. The third kappa shape index (κ3) is 3.34. The van der Waals surface area contributed by atoms with Crippen molar-refractivity contribution in [2.75, 3.05) is 13.6 Å². The molecule has 0 saturated heterocycles. The molecule has 2 rings (SSSR count). The van der Waals surface area contributed by atoms with Crippen molar-refractivity contribution in [1.82, 2.24) is 4.90 Å². The molecule has 2 heteroatoms. The fourth-order valence-electron chi connectivity index (χ4n) is 2.86. The molecule has 0 aliphatic heterocycles. The Morgan fingerprint density at radius 2 is 1.89 bits per heavy atom. The first-order valence-electron chi connectivity index (χ1n) is 6.96. The monoisotopic (exact) mass is 242 g/mol. The van der Waals surface area contributed by atoms with Gasteiger partial charge in [0.15, 0.2) is 0 Å². The van der Waals surface area contributed by atoms with E-state index in [4.69, 9.17) is 0 Å². The molecular formula is C16H22N2. The van der Waals surface area contributed by atoms with Crippen molar-refractivity contribution in [3.63, 3.8) is 0 Å². The van der Waals surface area contributed by atoms with Gasteiger partial charge in [0.2, 0.25) is 0 Å². The topological polar surface area (TPSA) is 27.0 Å². The highest BCUT2D eigenvalue weighted by molar-refractivity contribution is 5.25. The second-order valence-electron chi connectivity index (χ2n) is 5.32. The lowest BCUT2D eigenvalue weighted by Crippen LogP contribution is -2.36. The molecular weight excluding hydrogens is 220 g/mol. The van der Waals surface area contributed by atoms with E-state index < -0.39 is 0 Å². The van der Waals surface area contributed by atoms with Gasteiger partial charge < -0.3 is 4.90 Å². The Morgan fingerprint density at radius 1 is 1.22 bits per heavy atom. The zero-order chi connectivity index (χ0) is 12.8. The molecule has 0 aromatic heterocycles. The molecule has 0 radical (unpaired) electrons. The maximum atomic E-state index is 9.35. The summed E-state index contributed by atoms with van der Waals surface area (Å²) in [7, 11) is 2.17. The molecule has 1 fully saturated rings. The second kappa shape index (κ2) is 6.56. The Bertz CT molecular complexity index is 387. The van der Waals surface area contributed by atoms with E-state index in [1.54, 1.807) is 0 Å². The maximum absolute atomic E-state index is 9.35. The summed E-state index contributed by atoms with van der Waals surface area (Å²) in [4.78, 5) is 2.39. The number of benzene rings is 1. The summed E-state index contributed by atoms with van der Waals surface area (Å²) < 4.78 is 0. The lowest BCUT2D eigenvalue weighted by atomic mass is 9.93. The Labute approximate surface area is 110 Å². The highest BCUT2D eigenvalue weighted by atomic mass is 15.1. The standard InChI is InChI=1S/C16H22N2/c1-18(16-10-6-3-7-11-16)13-15(12-17)14-8-4-2-5-9-14/h2,4-5,8-9,15-16H,3,6-7,10-11,13H2,1H3.